The molecule has 1 aromatic carbocycles. The van der Waals surface area contributed by atoms with E-state index in [-0.39, 0.29) is 24.7 Å². The Balaban J connectivity index is 1.72. The molecular formula is C30H39F4N3O2. The molecule has 0 heterocycles. The number of nitrogens with one attached hydrogen (secondary N) is 2. The number of carbonyl (C=O) groups is 1. The molecule has 1 amide bonds. The van der Waals surface area contributed by atoms with E-state index in [1.54, 1.807) is 27.7 Å². The van der Waals surface area contributed by atoms with Crippen molar-refractivity contribution in [3.05, 3.63) is 64.3 Å². The van der Waals surface area contributed by atoms with E-state index in [0.717, 1.165) is 18.4 Å². The van der Waals surface area contributed by atoms with E-state index in [2.05, 4.69) is 21.7 Å². The van der Waals surface area contributed by atoms with E-state index in [4.69, 9.17) is 4.74 Å². The lowest BCUT2D eigenvalue weighted by atomic mass is 9.84. The summed E-state index contributed by atoms with van der Waals surface area (Å²) in [4.78, 5) is 16.7. The lowest BCUT2D eigenvalue weighted by Crippen LogP contribution is -2.36. The minimum atomic E-state index is -1.84. The van der Waals surface area contributed by atoms with Crippen LogP contribution < -0.4 is 15.4 Å². The molecule has 3 rings (SSSR count). The van der Waals surface area contributed by atoms with E-state index in [1.807, 2.05) is 18.2 Å². The standard InChI is InChI=1S/C30H39F4N3O2/c1-18(2)36-30(37-19(3)4)39-28-26(33)24(31)23(25(32)27(28)34)29(38)35-17-20-11-10-14-22(16-15-20)21-12-8-6-5-7-9-13-21/h10-11,14-15,18-19,21H,5-9,12-13,16-17H2,1-4H3,(H,35,38)(H,36,37). The second-order valence-corrected chi connectivity index (χ2v) is 10.7. The van der Waals surface area contributed by atoms with Gasteiger partial charge in [-0.15, -0.1) is 0 Å². The van der Waals surface area contributed by atoms with Gasteiger partial charge in [0.25, 0.3) is 11.9 Å². The van der Waals surface area contributed by atoms with Crippen molar-refractivity contribution in [2.45, 2.75) is 91.1 Å². The first-order valence-electron chi connectivity index (χ1n) is 13.8. The highest BCUT2D eigenvalue weighted by molar-refractivity contribution is 5.95. The number of halogens is 4. The Bertz CT molecular complexity index is 1120. The Labute approximate surface area is 228 Å². The molecule has 0 spiro atoms. The highest BCUT2D eigenvalue weighted by Crippen LogP contribution is 2.32. The molecule has 9 heteroatoms. The highest BCUT2D eigenvalue weighted by atomic mass is 19.2. The van der Waals surface area contributed by atoms with Crippen LogP contribution in [0, 0.1) is 29.2 Å². The first kappa shape index (κ1) is 30.4. The Morgan fingerprint density at radius 3 is 2.18 bits per heavy atom. The first-order chi connectivity index (χ1) is 18.6. The second kappa shape index (κ2) is 14.3. The third-order valence-corrected chi connectivity index (χ3v) is 6.74. The number of hydrogen-bond acceptors (Lipinski definition) is 3. The molecule has 0 atom stereocenters. The third-order valence-electron chi connectivity index (χ3n) is 6.74. The quantitative estimate of drug-likeness (QED) is 0.163. The summed E-state index contributed by atoms with van der Waals surface area (Å²) in [7, 11) is 0. The number of aliphatic imine (C=N–C) groups is 1. The molecule has 1 fully saturated rings. The molecule has 2 N–H and O–H groups in total. The van der Waals surface area contributed by atoms with Crippen LogP contribution in [0.5, 0.6) is 5.75 Å². The lowest BCUT2D eigenvalue weighted by molar-refractivity contribution is 0.0946. The van der Waals surface area contributed by atoms with Gasteiger partial charge in [0.15, 0.2) is 11.6 Å². The molecule has 214 valence electrons. The van der Waals surface area contributed by atoms with Crippen molar-refractivity contribution >= 4 is 11.9 Å². The average molecular weight is 550 g/mol. The van der Waals surface area contributed by atoms with Crippen molar-refractivity contribution in [1.29, 1.82) is 0 Å². The summed E-state index contributed by atoms with van der Waals surface area (Å²) in [6.07, 6.45) is 17.1. The SMILES string of the molecule is CC(C)N=C(NC(C)C)Oc1c(F)c(F)c(C(=O)NCC2=CCC(C3CCCCCCC3)=CC=C2)c(F)c1F. The number of amides is 1. The molecule has 2 aliphatic carbocycles. The van der Waals surface area contributed by atoms with Crippen LogP contribution in [0.4, 0.5) is 17.6 Å². The fraction of sp³-hybridized carbons (Fsp3) is 0.533. The average Bonchev–Trinajstić information content (AvgIpc) is 3.09. The summed E-state index contributed by atoms with van der Waals surface area (Å²) in [5.74, 6) is -9.36. The minimum Gasteiger partial charge on any atom is -0.420 e. The van der Waals surface area contributed by atoms with Crippen LogP contribution in [-0.2, 0) is 0 Å². The van der Waals surface area contributed by atoms with Gasteiger partial charge in [0, 0.05) is 18.6 Å². The predicted molar refractivity (Wildman–Crippen MR) is 146 cm³/mol. The fourth-order valence-corrected chi connectivity index (χ4v) is 4.78. The van der Waals surface area contributed by atoms with Crippen LogP contribution in [0.3, 0.4) is 0 Å². The van der Waals surface area contributed by atoms with Crippen molar-refractivity contribution in [3.8, 4) is 5.75 Å². The molecule has 0 aromatic heterocycles. The van der Waals surface area contributed by atoms with Crippen molar-refractivity contribution in [1.82, 2.24) is 10.6 Å². The molecule has 39 heavy (non-hydrogen) atoms. The Morgan fingerprint density at radius 1 is 0.974 bits per heavy atom. The zero-order chi connectivity index (χ0) is 28.5. The number of amidine groups is 1. The summed E-state index contributed by atoms with van der Waals surface area (Å²) in [5, 5.41) is 5.12. The van der Waals surface area contributed by atoms with Crippen LogP contribution in [0.2, 0.25) is 0 Å². The summed E-state index contributed by atoms with van der Waals surface area (Å²) in [6.45, 7) is 6.80. The summed E-state index contributed by atoms with van der Waals surface area (Å²) in [6, 6.07) is -0.857. The number of benzene rings is 1. The van der Waals surface area contributed by atoms with Crippen LogP contribution in [0.1, 0.15) is 89.4 Å². The van der Waals surface area contributed by atoms with E-state index in [0.29, 0.717) is 12.3 Å². The van der Waals surface area contributed by atoms with Crippen molar-refractivity contribution in [2.24, 2.45) is 10.9 Å². The van der Waals surface area contributed by atoms with Gasteiger partial charge < -0.3 is 15.4 Å². The van der Waals surface area contributed by atoms with Crippen LogP contribution in [0.25, 0.3) is 0 Å². The van der Waals surface area contributed by atoms with Gasteiger partial charge in [-0.1, -0.05) is 62.0 Å². The summed E-state index contributed by atoms with van der Waals surface area (Å²) < 4.78 is 64.5. The smallest absolute Gasteiger partial charge is 0.290 e. The van der Waals surface area contributed by atoms with Gasteiger partial charge >= 0.3 is 0 Å². The lowest BCUT2D eigenvalue weighted by Gasteiger charge is -2.22. The van der Waals surface area contributed by atoms with Crippen LogP contribution in [-0.4, -0.2) is 30.6 Å². The Morgan fingerprint density at radius 2 is 1.59 bits per heavy atom. The second-order valence-electron chi connectivity index (χ2n) is 10.7. The van der Waals surface area contributed by atoms with E-state index in [9.17, 15) is 22.4 Å². The largest absolute Gasteiger partial charge is 0.420 e. The first-order valence-corrected chi connectivity index (χ1v) is 13.8. The van der Waals surface area contributed by atoms with E-state index >= 15 is 0 Å². The molecule has 2 aliphatic rings. The van der Waals surface area contributed by atoms with Crippen molar-refractivity contribution in [3.63, 3.8) is 0 Å². The van der Waals surface area contributed by atoms with Gasteiger partial charge in [0.1, 0.15) is 5.56 Å². The number of nitrogens with zero attached hydrogens (tertiary/aromatic N) is 1. The zero-order valence-electron chi connectivity index (χ0n) is 23.2. The van der Waals surface area contributed by atoms with E-state index < -0.39 is 40.5 Å². The monoisotopic (exact) mass is 549 g/mol. The minimum absolute atomic E-state index is 0.0506. The summed E-state index contributed by atoms with van der Waals surface area (Å²) >= 11 is 0. The van der Waals surface area contributed by atoms with Gasteiger partial charge in [0.05, 0.1) is 0 Å². The molecule has 5 nitrogen and oxygen atoms in total. The predicted octanol–water partition coefficient (Wildman–Crippen LogP) is 7.29. The van der Waals surface area contributed by atoms with Gasteiger partial charge in [-0.25, -0.2) is 13.8 Å². The van der Waals surface area contributed by atoms with Gasteiger partial charge in [-0.05, 0) is 58.4 Å². The zero-order valence-corrected chi connectivity index (χ0v) is 23.2. The molecule has 0 unspecified atom stereocenters. The molecule has 0 aliphatic heterocycles. The molecule has 1 aromatic rings. The molecule has 0 radical (unpaired) electrons. The molecular weight excluding hydrogens is 510 g/mol. The maximum atomic E-state index is 14.9. The molecule has 1 saturated carbocycles. The normalized spacial score (nSPS) is 17.3. The van der Waals surface area contributed by atoms with Gasteiger partial charge in [0.2, 0.25) is 17.4 Å². The van der Waals surface area contributed by atoms with Crippen LogP contribution in [0.15, 0.2) is 40.4 Å². The van der Waals surface area contributed by atoms with Gasteiger partial charge in [-0.3, -0.25) is 4.79 Å². The summed E-state index contributed by atoms with van der Waals surface area (Å²) in [5.41, 5.74) is 0.720. The van der Waals surface area contributed by atoms with E-state index in [1.165, 1.54) is 37.7 Å². The highest BCUT2D eigenvalue weighted by Gasteiger charge is 2.31. The molecule has 0 saturated heterocycles. The van der Waals surface area contributed by atoms with Crippen molar-refractivity contribution < 1.29 is 27.1 Å². The molecule has 0 bridgehead atoms. The number of carbonyl (C=O) groups excluding carboxylic acids is 1. The maximum absolute atomic E-state index is 14.9. The maximum Gasteiger partial charge on any atom is 0.290 e. The van der Waals surface area contributed by atoms with Crippen molar-refractivity contribution in [2.75, 3.05) is 6.54 Å². The fourth-order valence-electron chi connectivity index (χ4n) is 4.78. The number of hydrogen-bond donors (Lipinski definition) is 2. The Kier molecular flexibility index (Phi) is 11.2. The number of ether oxygens (including phenoxy) is 1. The number of allylic oxidation sites excluding steroid dienone is 4. The van der Waals surface area contributed by atoms with Crippen LogP contribution >= 0.6 is 0 Å². The Hall–Kier alpha value is -3.10. The van der Waals surface area contributed by atoms with Gasteiger partial charge in [-0.2, -0.15) is 8.78 Å². The third kappa shape index (κ3) is 8.44. The topological polar surface area (TPSA) is 62.7 Å². The number of rotatable bonds is 7.